The lowest BCUT2D eigenvalue weighted by atomic mass is 9.98. The molecule has 0 N–H and O–H groups in total. The second-order valence-electron chi connectivity index (χ2n) is 8.76. The lowest BCUT2D eigenvalue weighted by Crippen LogP contribution is -2.35. The van der Waals surface area contributed by atoms with Crippen molar-refractivity contribution >= 4 is 6.09 Å². The Morgan fingerprint density at radius 2 is 1.84 bits per heavy atom. The molecule has 0 aromatic carbocycles. The van der Waals surface area contributed by atoms with Crippen LogP contribution in [0.2, 0.25) is 0 Å². The summed E-state index contributed by atoms with van der Waals surface area (Å²) in [6.07, 6.45) is 13.7. The van der Waals surface area contributed by atoms with Crippen LogP contribution in [0.15, 0.2) is 12.4 Å². The van der Waals surface area contributed by atoms with Crippen LogP contribution in [0.1, 0.15) is 69.2 Å². The first-order valence-corrected chi connectivity index (χ1v) is 11.4. The molecule has 4 rings (SSSR count). The molecule has 0 aliphatic heterocycles. The van der Waals surface area contributed by atoms with Gasteiger partial charge < -0.3 is 14.4 Å². The van der Waals surface area contributed by atoms with Crippen LogP contribution < -0.4 is 4.74 Å². The van der Waals surface area contributed by atoms with E-state index in [0.717, 1.165) is 42.6 Å². The second kappa shape index (κ2) is 9.66. The van der Waals surface area contributed by atoms with Crippen molar-refractivity contribution < 1.29 is 14.3 Å². The summed E-state index contributed by atoms with van der Waals surface area (Å²) in [7, 11) is 3.66. The van der Waals surface area contributed by atoms with Crippen LogP contribution in [0.3, 0.4) is 0 Å². The van der Waals surface area contributed by atoms with Gasteiger partial charge in [0, 0.05) is 25.7 Å². The van der Waals surface area contributed by atoms with E-state index in [1.807, 2.05) is 21.0 Å². The monoisotopic (exact) mass is 427 g/mol. The van der Waals surface area contributed by atoms with Gasteiger partial charge in [0.05, 0.1) is 23.8 Å². The standard InChI is InChI=1S/C23H33N5O3/c1-16-22(31-18-11-5-4-6-12-18)24-14-20(26-16)19-13-25-28(3)21(19)15-30-23(29)27(2)17-9-7-8-10-17/h13-14,17-18H,4-12,15H2,1-3H3. The molecule has 8 nitrogen and oxygen atoms in total. The molecule has 1 amide bonds. The molecule has 0 bridgehead atoms. The van der Waals surface area contributed by atoms with Crippen LogP contribution in [-0.4, -0.2) is 49.9 Å². The van der Waals surface area contributed by atoms with Crippen LogP contribution in [0.25, 0.3) is 11.3 Å². The van der Waals surface area contributed by atoms with E-state index in [4.69, 9.17) is 14.5 Å². The quantitative estimate of drug-likeness (QED) is 0.679. The van der Waals surface area contributed by atoms with E-state index in [1.165, 1.54) is 32.1 Å². The lowest BCUT2D eigenvalue weighted by molar-refractivity contribution is 0.0899. The van der Waals surface area contributed by atoms with Gasteiger partial charge in [0.15, 0.2) is 0 Å². The maximum Gasteiger partial charge on any atom is 0.410 e. The molecule has 0 atom stereocenters. The highest BCUT2D eigenvalue weighted by atomic mass is 16.6. The number of hydrogen-bond acceptors (Lipinski definition) is 6. The molecule has 2 aromatic heterocycles. The first-order chi connectivity index (χ1) is 15.0. The van der Waals surface area contributed by atoms with E-state index in [0.29, 0.717) is 11.6 Å². The third-order valence-electron chi connectivity index (χ3n) is 6.56. The van der Waals surface area contributed by atoms with Gasteiger partial charge in [-0.25, -0.2) is 14.8 Å². The zero-order valence-corrected chi connectivity index (χ0v) is 18.8. The van der Waals surface area contributed by atoms with Crippen LogP contribution in [0, 0.1) is 6.92 Å². The van der Waals surface area contributed by atoms with Gasteiger partial charge in [0.1, 0.15) is 18.4 Å². The van der Waals surface area contributed by atoms with Gasteiger partial charge in [-0.1, -0.05) is 19.3 Å². The minimum Gasteiger partial charge on any atom is -0.473 e. The molecular weight excluding hydrogens is 394 g/mol. The summed E-state index contributed by atoms with van der Waals surface area (Å²) in [5.74, 6) is 0.603. The third-order valence-corrected chi connectivity index (χ3v) is 6.56. The number of rotatable bonds is 6. The van der Waals surface area contributed by atoms with E-state index in [2.05, 4.69) is 10.1 Å². The zero-order chi connectivity index (χ0) is 21.8. The van der Waals surface area contributed by atoms with E-state index in [9.17, 15) is 4.79 Å². The highest BCUT2D eigenvalue weighted by Crippen LogP contribution is 2.28. The molecule has 2 aliphatic carbocycles. The van der Waals surface area contributed by atoms with E-state index in [-0.39, 0.29) is 24.8 Å². The Balaban J connectivity index is 1.44. The van der Waals surface area contributed by atoms with Gasteiger partial charge in [0.2, 0.25) is 5.88 Å². The number of carbonyl (C=O) groups excluding carboxylic acids is 1. The average molecular weight is 428 g/mol. The predicted molar refractivity (Wildman–Crippen MR) is 117 cm³/mol. The number of amides is 1. The summed E-state index contributed by atoms with van der Waals surface area (Å²) in [5.41, 5.74) is 3.08. The minimum atomic E-state index is -0.294. The Hall–Kier alpha value is -2.64. The maximum atomic E-state index is 12.5. The van der Waals surface area contributed by atoms with Gasteiger partial charge in [-0.2, -0.15) is 5.10 Å². The molecule has 0 unspecified atom stereocenters. The molecule has 168 valence electrons. The van der Waals surface area contributed by atoms with Crippen LogP contribution in [-0.2, 0) is 18.4 Å². The molecule has 2 aliphatic rings. The zero-order valence-electron chi connectivity index (χ0n) is 18.8. The van der Waals surface area contributed by atoms with Crippen molar-refractivity contribution in [1.82, 2.24) is 24.6 Å². The van der Waals surface area contributed by atoms with Crippen molar-refractivity contribution in [3.63, 3.8) is 0 Å². The fourth-order valence-corrected chi connectivity index (χ4v) is 4.58. The molecule has 31 heavy (non-hydrogen) atoms. The number of hydrogen-bond donors (Lipinski definition) is 0. The first kappa shape index (κ1) is 21.6. The van der Waals surface area contributed by atoms with Crippen molar-refractivity contribution in [3.8, 4) is 17.1 Å². The summed E-state index contributed by atoms with van der Waals surface area (Å²) in [6.45, 7) is 2.06. The number of nitrogens with zero attached hydrogens (tertiary/aromatic N) is 5. The van der Waals surface area contributed by atoms with Crippen LogP contribution in [0.4, 0.5) is 4.79 Å². The largest absolute Gasteiger partial charge is 0.473 e. The van der Waals surface area contributed by atoms with Crippen molar-refractivity contribution in [2.75, 3.05) is 7.05 Å². The predicted octanol–water partition coefficient (Wildman–Crippen LogP) is 4.41. The number of ether oxygens (including phenoxy) is 2. The summed E-state index contributed by atoms with van der Waals surface area (Å²) < 4.78 is 13.4. The number of aryl methyl sites for hydroxylation is 2. The first-order valence-electron chi connectivity index (χ1n) is 11.4. The van der Waals surface area contributed by atoms with E-state index < -0.39 is 0 Å². The molecular formula is C23H33N5O3. The molecule has 0 spiro atoms. The second-order valence-corrected chi connectivity index (χ2v) is 8.76. The lowest BCUT2D eigenvalue weighted by Gasteiger charge is -2.23. The highest BCUT2D eigenvalue weighted by molar-refractivity contribution is 5.68. The SMILES string of the molecule is Cc1nc(-c2cnn(C)c2COC(=O)N(C)C2CCCC2)cnc1OC1CCCCC1. The Morgan fingerprint density at radius 3 is 2.55 bits per heavy atom. The normalized spacial score (nSPS) is 17.6. The van der Waals surface area contributed by atoms with E-state index in [1.54, 1.807) is 22.0 Å². The molecule has 2 saturated carbocycles. The van der Waals surface area contributed by atoms with Gasteiger partial charge in [-0.15, -0.1) is 0 Å². The maximum absolute atomic E-state index is 12.5. The van der Waals surface area contributed by atoms with Crippen LogP contribution in [0.5, 0.6) is 5.88 Å². The Bertz CT molecular complexity index is 901. The summed E-state index contributed by atoms with van der Waals surface area (Å²) in [4.78, 5) is 23.5. The van der Waals surface area contributed by atoms with Gasteiger partial charge in [-0.05, 0) is 45.4 Å². The molecule has 2 heterocycles. The van der Waals surface area contributed by atoms with Crippen molar-refractivity contribution in [2.24, 2.45) is 7.05 Å². The smallest absolute Gasteiger partial charge is 0.410 e. The topological polar surface area (TPSA) is 82.4 Å². The number of aromatic nitrogens is 4. The van der Waals surface area contributed by atoms with Crippen molar-refractivity contribution in [2.45, 2.75) is 83.5 Å². The highest BCUT2D eigenvalue weighted by Gasteiger charge is 2.25. The fraction of sp³-hybridized carbons (Fsp3) is 0.652. The Labute approximate surface area is 184 Å². The van der Waals surface area contributed by atoms with Crippen molar-refractivity contribution in [3.05, 3.63) is 23.8 Å². The molecule has 2 fully saturated rings. The summed E-state index contributed by atoms with van der Waals surface area (Å²) >= 11 is 0. The minimum absolute atomic E-state index is 0.142. The average Bonchev–Trinajstić information content (AvgIpc) is 3.44. The Morgan fingerprint density at radius 1 is 1.13 bits per heavy atom. The number of carbonyl (C=O) groups is 1. The molecule has 0 saturated heterocycles. The summed E-state index contributed by atoms with van der Waals surface area (Å²) in [5, 5.41) is 4.35. The molecule has 0 radical (unpaired) electrons. The molecule has 8 heteroatoms. The van der Waals surface area contributed by atoms with E-state index >= 15 is 0 Å². The Kier molecular flexibility index (Phi) is 6.73. The van der Waals surface area contributed by atoms with Gasteiger partial charge in [0.25, 0.3) is 0 Å². The third kappa shape index (κ3) is 4.99. The van der Waals surface area contributed by atoms with Crippen LogP contribution >= 0.6 is 0 Å². The molecule has 2 aromatic rings. The fourth-order valence-electron chi connectivity index (χ4n) is 4.58. The van der Waals surface area contributed by atoms with Gasteiger partial charge in [-0.3, -0.25) is 4.68 Å². The van der Waals surface area contributed by atoms with Crippen molar-refractivity contribution in [1.29, 1.82) is 0 Å². The van der Waals surface area contributed by atoms with Gasteiger partial charge >= 0.3 is 6.09 Å². The summed E-state index contributed by atoms with van der Waals surface area (Å²) in [6, 6.07) is 0.281.